The first kappa shape index (κ1) is 25.7. The Labute approximate surface area is 181 Å². The molecule has 0 spiro atoms. The molecule has 31 heavy (non-hydrogen) atoms. The van der Waals surface area contributed by atoms with E-state index >= 15 is 0 Å². The van der Waals surface area contributed by atoms with Crippen LogP contribution in [0, 0.1) is 17.8 Å². The topological polar surface area (TPSA) is 163 Å². The van der Waals surface area contributed by atoms with Gasteiger partial charge >= 0.3 is 11.9 Å². The molecular formula is C21H34O10. The molecule has 0 aromatic carbocycles. The fourth-order valence-corrected chi connectivity index (χ4v) is 3.78. The van der Waals surface area contributed by atoms with Crippen LogP contribution in [0.25, 0.3) is 0 Å². The predicted molar refractivity (Wildman–Crippen MR) is 107 cm³/mol. The van der Waals surface area contributed by atoms with Crippen LogP contribution in [0.5, 0.6) is 0 Å². The van der Waals surface area contributed by atoms with E-state index in [0.717, 1.165) is 5.57 Å². The van der Waals surface area contributed by atoms with Crippen LogP contribution in [0.3, 0.4) is 0 Å². The molecule has 0 aliphatic carbocycles. The van der Waals surface area contributed by atoms with Gasteiger partial charge in [-0.3, -0.25) is 9.59 Å². The van der Waals surface area contributed by atoms with Crippen molar-refractivity contribution in [3.8, 4) is 0 Å². The summed E-state index contributed by atoms with van der Waals surface area (Å²) in [5, 5.41) is 48.5. The number of rotatable bonds is 10. The maximum Gasteiger partial charge on any atom is 0.309 e. The maximum absolute atomic E-state index is 11.5. The quantitative estimate of drug-likeness (QED) is 0.225. The number of carbonyl (C=O) groups is 2. The summed E-state index contributed by atoms with van der Waals surface area (Å²) >= 11 is 0. The zero-order valence-electron chi connectivity index (χ0n) is 18.1. The van der Waals surface area contributed by atoms with Gasteiger partial charge < -0.3 is 39.7 Å². The van der Waals surface area contributed by atoms with Gasteiger partial charge in [0, 0.05) is 6.42 Å². The van der Waals surface area contributed by atoms with Gasteiger partial charge in [-0.05, 0) is 25.7 Å². The summed E-state index contributed by atoms with van der Waals surface area (Å²) in [5.41, 5.74) is 0.960. The first-order chi connectivity index (χ1) is 14.5. The van der Waals surface area contributed by atoms with Crippen molar-refractivity contribution in [1.82, 2.24) is 0 Å². The summed E-state index contributed by atoms with van der Waals surface area (Å²) in [7, 11) is 0. The minimum Gasteiger partial charge on any atom is -0.481 e. The third kappa shape index (κ3) is 6.71. The minimum absolute atomic E-state index is 0.0879. The van der Waals surface area contributed by atoms with Crippen LogP contribution in [0.2, 0.25) is 0 Å². The third-order valence-corrected chi connectivity index (χ3v) is 6.04. The van der Waals surface area contributed by atoms with Crippen LogP contribution in [0.15, 0.2) is 11.6 Å². The molecule has 178 valence electrons. The van der Waals surface area contributed by atoms with Gasteiger partial charge in [-0.15, -0.1) is 0 Å². The Morgan fingerprint density at radius 1 is 1.26 bits per heavy atom. The molecule has 0 bridgehead atoms. The molecule has 2 fully saturated rings. The number of hydrogen-bond acceptors (Lipinski definition) is 9. The predicted octanol–water partition coefficient (Wildman–Crippen LogP) is -0.182. The van der Waals surface area contributed by atoms with Crippen molar-refractivity contribution >= 4 is 11.9 Å². The monoisotopic (exact) mass is 446 g/mol. The van der Waals surface area contributed by atoms with Gasteiger partial charge in [0.2, 0.25) is 0 Å². The van der Waals surface area contributed by atoms with E-state index in [1.165, 1.54) is 0 Å². The molecule has 0 aromatic rings. The molecule has 2 saturated heterocycles. The van der Waals surface area contributed by atoms with E-state index in [1.807, 2.05) is 19.9 Å². The molecule has 0 aromatic heterocycles. The SMILES string of the molecule is C/C(=C/C[C@@H](CO[C@H]1O[C@@H](CO)[C@@H](O)[C@@H](O)[C@H]1O)[C@@H](C)C(=O)O)C[C@@H]1C[C@H](C)C(=O)O1. The highest BCUT2D eigenvalue weighted by Crippen LogP contribution is 2.27. The highest BCUT2D eigenvalue weighted by Gasteiger charge is 2.44. The van der Waals surface area contributed by atoms with Crippen molar-refractivity contribution in [2.24, 2.45) is 17.8 Å². The Morgan fingerprint density at radius 3 is 2.48 bits per heavy atom. The molecule has 2 rings (SSSR count). The van der Waals surface area contributed by atoms with E-state index in [9.17, 15) is 35.1 Å². The Balaban J connectivity index is 1.97. The standard InChI is InChI=1S/C21H34O10/c1-10(6-14-7-11(2)20(28)30-14)4-5-13(12(3)19(26)27)9-29-21-18(25)17(24)16(23)15(8-22)31-21/h4,11-18,21-25H,5-9H2,1-3H3,(H,26,27)/b10-4-/t11-,12+,13-,14+,15-,16+,17+,18+,21-/m0/s1. The number of allylic oxidation sites excluding steroid dienone is 1. The largest absolute Gasteiger partial charge is 0.481 e. The lowest BCUT2D eigenvalue weighted by Gasteiger charge is -2.40. The zero-order chi connectivity index (χ0) is 23.3. The molecule has 9 atom stereocenters. The van der Waals surface area contributed by atoms with Crippen molar-refractivity contribution < 1.29 is 49.3 Å². The number of carbonyl (C=O) groups excluding carboxylic acids is 1. The van der Waals surface area contributed by atoms with E-state index in [4.69, 9.17) is 14.2 Å². The van der Waals surface area contributed by atoms with Crippen molar-refractivity contribution in [3.63, 3.8) is 0 Å². The van der Waals surface area contributed by atoms with E-state index in [0.29, 0.717) is 19.3 Å². The van der Waals surface area contributed by atoms with Crippen LogP contribution >= 0.6 is 0 Å². The van der Waals surface area contributed by atoms with Gasteiger partial charge in [0.25, 0.3) is 0 Å². The Morgan fingerprint density at radius 2 is 1.94 bits per heavy atom. The average molecular weight is 446 g/mol. The summed E-state index contributed by atoms with van der Waals surface area (Å²) in [6, 6.07) is 0. The number of carboxylic acid groups (broad SMARTS) is 1. The van der Waals surface area contributed by atoms with Crippen LogP contribution < -0.4 is 0 Å². The molecule has 0 saturated carbocycles. The van der Waals surface area contributed by atoms with Crippen LogP contribution in [-0.2, 0) is 23.8 Å². The first-order valence-electron chi connectivity index (χ1n) is 10.6. The normalized spacial score (nSPS) is 36.2. The molecule has 2 aliphatic heterocycles. The lowest BCUT2D eigenvalue weighted by molar-refractivity contribution is -0.303. The van der Waals surface area contributed by atoms with E-state index < -0.39 is 55.1 Å². The second-order valence-electron chi connectivity index (χ2n) is 8.60. The number of cyclic esters (lactones) is 1. The molecule has 0 unspecified atom stereocenters. The molecule has 2 heterocycles. The molecule has 5 N–H and O–H groups in total. The summed E-state index contributed by atoms with van der Waals surface area (Å²) in [6.45, 7) is 4.59. The van der Waals surface area contributed by atoms with Crippen LogP contribution in [-0.4, -0.2) is 87.5 Å². The first-order valence-corrected chi connectivity index (χ1v) is 10.6. The van der Waals surface area contributed by atoms with E-state index in [-0.39, 0.29) is 24.6 Å². The number of aliphatic hydroxyl groups is 4. The second kappa shape index (κ2) is 11.3. The lowest BCUT2D eigenvalue weighted by atomic mass is 9.90. The zero-order valence-corrected chi connectivity index (χ0v) is 18.1. The number of carboxylic acids is 1. The number of esters is 1. The molecule has 2 aliphatic rings. The van der Waals surface area contributed by atoms with Gasteiger partial charge in [0.15, 0.2) is 6.29 Å². The van der Waals surface area contributed by atoms with Gasteiger partial charge in [-0.25, -0.2) is 0 Å². The third-order valence-electron chi connectivity index (χ3n) is 6.04. The summed E-state index contributed by atoms with van der Waals surface area (Å²) in [5.74, 6) is -2.57. The fraction of sp³-hybridized carbons (Fsp3) is 0.810. The molecule has 10 heteroatoms. The van der Waals surface area contributed by atoms with Gasteiger partial charge in [0.05, 0.1) is 25.0 Å². The van der Waals surface area contributed by atoms with Crippen molar-refractivity contribution in [1.29, 1.82) is 0 Å². The number of hydrogen-bond donors (Lipinski definition) is 5. The summed E-state index contributed by atoms with van der Waals surface area (Å²) < 4.78 is 16.2. The van der Waals surface area contributed by atoms with Crippen molar-refractivity contribution in [2.75, 3.05) is 13.2 Å². The molecule has 10 nitrogen and oxygen atoms in total. The summed E-state index contributed by atoms with van der Waals surface area (Å²) in [4.78, 5) is 23.1. The van der Waals surface area contributed by atoms with Gasteiger partial charge in [-0.2, -0.15) is 0 Å². The second-order valence-corrected chi connectivity index (χ2v) is 8.60. The average Bonchev–Trinajstić information content (AvgIpc) is 3.03. The Kier molecular flexibility index (Phi) is 9.41. The van der Waals surface area contributed by atoms with E-state index in [1.54, 1.807) is 6.92 Å². The van der Waals surface area contributed by atoms with Crippen molar-refractivity contribution in [2.45, 2.75) is 76.8 Å². The highest BCUT2D eigenvalue weighted by molar-refractivity contribution is 5.74. The highest BCUT2D eigenvalue weighted by atomic mass is 16.7. The fourth-order valence-electron chi connectivity index (χ4n) is 3.78. The van der Waals surface area contributed by atoms with Gasteiger partial charge in [0.1, 0.15) is 30.5 Å². The minimum atomic E-state index is -1.56. The maximum atomic E-state index is 11.5. The molecule has 0 radical (unpaired) electrons. The number of aliphatic hydroxyl groups excluding tert-OH is 4. The number of aliphatic carboxylic acids is 1. The molecule has 0 amide bonds. The van der Waals surface area contributed by atoms with E-state index in [2.05, 4.69) is 0 Å². The van der Waals surface area contributed by atoms with Gasteiger partial charge in [-0.1, -0.05) is 25.5 Å². The Bertz CT molecular complexity index is 648. The van der Waals surface area contributed by atoms with Crippen molar-refractivity contribution in [3.05, 3.63) is 11.6 Å². The smallest absolute Gasteiger partial charge is 0.309 e. The summed E-state index contributed by atoms with van der Waals surface area (Å²) in [6.07, 6.45) is -3.73. The number of ether oxygens (including phenoxy) is 3. The van der Waals surface area contributed by atoms with Crippen LogP contribution in [0.4, 0.5) is 0 Å². The Hall–Kier alpha value is -1.56. The lowest BCUT2D eigenvalue weighted by Crippen LogP contribution is -2.59. The molecular weight excluding hydrogens is 412 g/mol. The van der Waals surface area contributed by atoms with Crippen LogP contribution in [0.1, 0.15) is 40.0 Å².